The van der Waals surface area contributed by atoms with E-state index in [2.05, 4.69) is 4.90 Å². The Morgan fingerprint density at radius 1 is 1.15 bits per heavy atom. The molecule has 146 valence electrons. The van der Waals surface area contributed by atoms with Gasteiger partial charge in [-0.05, 0) is 42.5 Å². The fraction of sp³-hybridized carbons (Fsp3) is 0.550. The van der Waals surface area contributed by atoms with Crippen molar-refractivity contribution in [2.24, 2.45) is 0 Å². The quantitative estimate of drug-likeness (QED) is 0.883. The molecule has 0 unspecified atom stereocenters. The first-order valence-corrected chi connectivity index (χ1v) is 9.64. The number of benzene rings is 1. The largest absolute Gasteiger partial charge is 0.391 e. The van der Waals surface area contributed by atoms with E-state index in [4.69, 9.17) is 4.74 Å². The number of hydrogen-bond donors (Lipinski definition) is 1. The number of morpholine rings is 1. The molecule has 27 heavy (non-hydrogen) atoms. The van der Waals surface area contributed by atoms with Crippen LogP contribution in [0.1, 0.15) is 12.8 Å². The molecule has 1 amide bonds. The van der Waals surface area contributed by atoms with E-state index < -0.39 is 6.10 Å². The van der Waals surface area contributed by atoms with Crippen molar-refractivity contribution in [2.45, 2.75) is 31.5 Å². The van der Waals surface area contributed by atoms with Gasteiger partial charge in [0.1, 0.15) is 12.4 Å². The van der Waals surface area contributed by atoms with E-state index in [0.29, 0.717) is 32.7 Å². The molecule has 1 N–H and O–H groups in total. The van der Waals surface area contributed by atoms with Crippen LogP contribution in [0.15, 0.2) is 30.5 Å². The maximum atomic E-state index is 13.6. The lowest BCUT2D eigenvalue weighted by molar-refractivity contribution is -0.131. The Morgan fingerprint density at radius 2 is 1.93 bits per heavy atom. The summed E-state index contributed by atoms with van der Waals surface area (Å²) < 4.78 is 20.7. The summed E-state index contributed by atoms with van der Waals surface area (Å²) in [7, 11) is 0. The number of amides is 1. The lowest BCUT2D eigenvalue weighted by Crippen LogP contribution is -2.49. The van der Waals surface area contributed by atoms with Gasteiger partial charge in [0.15, 0.2) is 0 Å². The summed E-state index contributed by atoms with van der Waals surface area (Å²) in [5.41, 5.74) is 0.726. The van der Waals surface area contributed by atoms with Crippen LogP contribution in [0.5, 0.6) is 0 Å². The average Bonchev–Trinajstić information content (AvgIpc) is 2.95. The molecule has 0 radical (unpaired) electrons. The highest BCUT2D eigenvalue weighted by Gasteiger charge is 2.31. The number of carbonyl (C=O) groups is 1. The first kappa shape index (κ1) is 18.4. The van der Waals surface area contributed by atoms with Gasteiger partial charge in [-0.1, -0.05) is 0 Å². The molecule has 0 bridgehead atoms. The van der Waals surface area contributed by atoms with E-state index >= 15 is 0 Å². The van der Waals surface area contributed by atoms with Crippen LogP contribution in [-0.4, -0.2) is 76.9 Å². The Labute approximate surface area is 158 Å². The molecule has 2 aliphatic heterocycles. The fourth-order valence-corrected chi connectivity index (χ4v) is 4.20. The zero-order chi connectivity index (χ0) is 18.8. The summed E-state index contributed by atoms with van der Waals surface area (Å²) in [5.74, 6) is -0.298. The molecule has 1 aromatic carbocycles. The normalized spacial score (nSPS) is 24.9. The van der Waals surface area contributed by atoms with Gasteiger partial charge >= 0.3 is 0 Å². The zero-order valence-electron chi connectivity index (χ0n) is 15.4. The lowest BCUT2D eigenvalue weighted by atomic mass is 10.0. The molecule has 6 nitrogen and oxygen atoms in total. The molecule has 2 aliphatic rings. The molecule has 0 spiro atoms. The maximum absolute atomic E-state index is 13.6. The number of ether oxygens (including phenoxy) is 1. The molecular weight excluding hydrogens is 349 g/mol. The molecule has 3 heterocycles. The van der Waals surface area contributed by atoms with Gasteiger partial charge in [-0.3, -0.25) is 9.69 Å². The van der Waals surface area contributed by atoms with Gasteiger partial charge in [-0.15, -0.1) is 0 Å². The summed E-state index contributed by atoms with van der Waals surface area (Å²) in [6.07, 6.45) is 2.73. The number of aliphatic hydroxyl groups excluding tert-OH is 1. The molecule has 0 aliphatic carbocycles. The van der Waals surface area contributed by atoms with E-state index in [1.54, 1.807) is 10.6 Å². The Morgan fingerprint density at radius 3 is 2.74 bits per heavy atom. The van der Waals surface area contributed by atoms with E-state index in [9.17, 15) is 14.3 Å². The highest BCUT2D eigenvalue weighted by molar-refractivity contribution is 5.83. The summed E-state index contributed by atoms with van der Waals surface area (Å²) in [5, 5.41) is 11.5. The second-order valence-corrected chi connectivity index (χ2v) is 7.39. The summed E-state index contributed by atoms with van der Waals surface area (Å²) in [4.78, 5) is 16.9. The topological polar surface area (TPSA) is 57.9 Å². The minimum atomic E-state index is -0.428. The van der Waals surface area contributed by atoms with Crippen LogP contribution in [-0.2, 0) is 16.1 Å². The SMILES string of the molecule is O=C(Cn1ccc2ccc(F)cc21)N1CC[C@H](O)[C@@H](N2CCOCC2)CC1. The molecule has 2 atom stereocenters. The molecule has 4 rings (SSSR count). The molecule has 2 saturated heterocycles. The van der Waals surface area contributed by atoms with Crippen molar-refractivity contribution in [3.8, 4) is 0 Å². The van der Waals surface area contributed by atoms with Gasteiger partial charge in [0.25, 0.3) is 0 Å². The number of halogens is 1. The maximum Gasteiger partial charge on any atom is 0.242 e. The third-order valence-electron chi connectivity index (χ3n) is 5.74. The smallest absolute Gasteiger partial charge is 0.242 e. The summed E-state index contributed by atoms with van der Waals surface area (Å²) >= 11 is 0. The highest BCUT2D eigenvalue weighted by Crippen LogP contribution is 2.21. The van der Waals surface area contributed by atoms with Gasteiger partial charge < -0.3 is 19.3 Å². The number of nitrogens with zero attached hydrogens (tertiary/aromatic N) is 3. The van der Waals surface area contributed by atoms with Gasteiger partial charge in [-0.2, -0.15) is 0 Å². The van der Waals surface area contributed by atoms with Crippen molar-refractivity contribution in [2.75, 3.05) is 39.4 Å². The van der Waals surface area contributed by atoms with Crippen LogP contribution >= 0.6 is 0 Å². The number of likely N-dealkylation sites (tertiary alicyclic amines) is 1. The zero-order valence-corrected chi connectivity index (χ0v) is 15.4. The Bertz CT molecular complexity index is 803. The second-order valence-electron chi connectivity index (χ2n) is 7.39. The Balaban J connectivity index is 1.42. The van der Waals surface area contributed by atoms with E-state index in [1.807, 2.05) is 17.2 Å². The van der Waals surface area contributed by atoms with Gasteiger partial charge in [0.2, 0.25) is 5.91 Å². The number of aliphatic hydroxyl groups is 1. The predicted molar refractivity (Wildman–Crippen MR) is 99.9 cm³/mol. The van der Waals surface area contributed by atoms with Gasteiger partial charge in [0, 0.05) is 38.4 Å². The number of aromatic nitrogens is 1. The van der Waals surface area contributed by atoms with Crippen molar-refractivity contribution in [1.29, 1.82) is 0 Å². The first-order valence-electron chi connectivity index (χ1n) is 9.64. The summed E-state index contributed by atoms with van der Waals surface area (Å²) in [6, 6.07) is 6.58. The Hall–Kier alpha value is -1.96. The molecule has 0 saturated carbocycles. The van der Waals surface area contributed by atoms with Crippen molar-refractivity contribution in [3.05, 3.63) is 36.3 Å². The molecule has 7 heteroatoms. The van der Waals surface area contributed by atoms with Gasteiger partial charge in [-0.25, -0.2) is 4.39 Å². The monoisotopic (exact) mass is 375 g/mol. The van der Waals surface area contributed by atoms with Crippen LogP contribution in [0.2, 0.25) is 0 Å². The molecular formula is C20H26FN3O3. The van der Waals surface area contributed by atoms with Crippen LogP contribution < -0.4 is 0 Å². The summed E-state index contributed by atoms with van der Waals surface area (Å²) in [6.45, 7) is 4.42. The average molecular weight is 375 g/mol. The number of carbonyl (C=O) groups excluding carboxylic acids is 1. The third kappa shape index (κ3) is 4.00. The van der Waals surface area contributed by atoms with Crippen molar-refractivity contribution >= 4 is 16.8 Å². The van der Waals surface area contributed by atoms with Crippen molar-refractivity contribution in [1.82, 2.24) is 14.4 Å². The number of hydrogen-bond acceptors (Lipinski definition) is 4. The standard InChI is InChI=1S/C20H26FN3O3/c21-16-2-1-15-3-6-24(18(15)13-16)14-20(26)23-7-4-17(19(25)5-8-23)22-9-11-27-12-10-22/h1-3,6,13,17,19,25H,4-5,7-12,14H2/t17-,19-/m0/s1. The van der Waals surface area contributed by atoms with E-state index in [-0.39, 0.29) is 24.3 Å². The highest BCUT2D eigenvalue weighted by atomic mass is 19.1. The fourth-order valence-electron chi connectivity index (χ4n) is 4.20. The number of rotatable bonds is 3. The number of fused-ring (bicyclic) bond motifs is 1. The van der Waals surface area contributed by atoms with Crippen LogP contribution in [0.25, 0.3) is 10.9 Å². The van der Waals surface area contributed by atoms with Crippen LogP contribution in [0, 0.1) is 5.82 Å². The molecule has 2 aromatic rings. The minimum Gasteiger partial charge on any atom is -0.391 e. The first-order chi connectivity index (χ1) is 13.1. The molecule has 1 aromatic heterocycles. The van der Waals surface area contributed by atoms with Crippen molar-refractivity contribution in [3.63, 3.8) is 0 Å². The second kappa shape index (κ2) is 7.96. The third-order valence-corrected chi connectivity index (χ3v) is 5.74. The Kier molecular flexibility index (Phi) is 5.43. The van der Waals surface area contributed by atoms with Gasteiger partial charge in [0.05, 0.1) is 24.8 Å². The van der Waals surface area contributed by atoms with Crippen LogP contribution in [0.4, 0.5) is 4.39 Å². The lowest BCUT2D eigenvalue weighted by Gasteiger charge is -2.36. The van der Waals surface area contributed by atoms with E-state index in [1.165, 1.54) is 12.1 Å². The van der Waals surface area contributed by atoms with E-state index in [0.717, 1.165) is 30.4 Å². The van der Waals surface area contributed by atoms with Crippen LogP contribution in [0.3, 0.4) is 0 Å². The minimum absolute atomic E-state index is 0.00610. The van der Waals surface area contributed by atoms with Crippen molar-refractivity contribution < 1.29 is 19.0 Å². The predicted octanol–water partition coefficient (Wildman–Crippen LogP) is 1.46. The molecule has 2 fully saturated rings.